The monoisotopic (exact) mass is 595 g/mol. The first-order valence-electron chi connectivity index (χ1n) is 9.92. The summed E-state index contributed by atoms with van der Waals surface area (Å²) in [5.41, 5.74) is 2.23. The zero-order valence-electron chi connectivity index (χ0n) is 17.1. The molecule has 0 aliphatic rings. The molecule has 0 unspecified atom stereocenters. The molecule has 3 nitrogen and oxygen atoms in total. The van der Waals surface area contributed by atoms with Crippen molar-refractivity contribution in [2.24, 2.45) is 0 Å². The molecule has 0 aliphatic heterocycles. The number of pyridine rings is 1. The molecule has 32 heavy (non-hydrogen) atoms. The van der Waals surface area contributed by atoms with E-state index in [9.17, 15) is 9.90 Å². The Bertz CT molecular complexity index is 1290. The number of nitrogens with zero attached hydrogens (tertiary/aromatic N) is 1. The van der Waals surface area contributed by atoms with Gasteiger partial charge in [-0.3, -0.25) is 4.79 Å². The Labute approximate surface area is 200 Å². The van der Waals surface area contributed by atoms with E-state index in [-0.39, 0.29) is 31.6 Å². The molecular weight excluding hydrogens is 575 g/mol. The number of aliphatic hydroxyl groups excluding tert-OH is 1. The summed E-state index contributed by atoms with van der Waals surface area (Å²) in [7, 11) is 0. The SMILES string of the molecule is O=C(/C=C(\O)c1ccccc1)c1ccccc1.[Ir].[c-]1cccc2ccc3cccnc3c12. The minimum atomic E-state index is -0.202. The maximum absolute atomic E-state index is 11.8. The number of carbonyl (C=O) groups is 1. The van der Waals surface area contributed by atoms with Gasteiger partial charge in [0.25, 0.3) is 0 Å². The average molecular weight is 595 g/mol. The molecule has 4 heteroatoms. The Morgan fingerprint density at radius 2 is 1.38 bits per heavy atom. The van der Waals surface area contributed by atoms with Gasteiger partial charge in [-0.1, -0.05) is 78.9 Å². The van der Waals surface area contributed by atoms with E-state index < -0.39 is 0 Å². The van der Waals surface area contributed by atoms with Crippen LogP contribution in [0.5, 0.6) is 0 Å². The summed E-state index contributed by atoms with van der Waals surface area (Å²) in [4.78, 5) is 16.2. The van der Waals surface area contributed by atoms with Crippen LogP contribution >= 0.6 is 0 Å². The van der Waals surface area contributed by atoms with Crippen LogP contribution in [0, 0.1) is 6.07 Å². The molecule has 0 fully saturated rings. The Kier molecular flexibility index (Phi) is 8.04. The molecule has 0 aliphatic carbocycles. The molecule has 1 heterocycles. The third-order valence-corrected chi connectivity index (χ3v) is 4.80. The van der Waals surface area contributed by atoms with Gasteiger partial charge in [0.2, 0.25) is 0 Å². The van der Waals surface area contributed by atoms with Crippen molar-refractivity contribution in [3.05, 3.63) is 133 Å². The van der Waals surface area contributed by atoms with Gasteiger partial charge in [-0.15, -0.1) is 35.0 Å². The van der Waals surface area contributed by atoms with E-state index in [1.54, 1.807) is 36.4 Å². The van der Waals surface area contributed by atoms with Crippen LogP contribution in [0.1, 0.15) is 15.9 Å². The van der Waals surface area contributed by atoms with Gasteiger partial charge >= 0.3 is 0 Å². The summed E-state index contributed by atoms with van der Waals surface area (Å²) < 4.78 is 0. The number of allylic oxidation sites excluding steroid dienone is 1. The molecule has 5 rings (SSSR count). The van der Waals surface area contributed by atoms with E-state index in [0.717, 1.165) is 10.9 Å². The Balaban J connectivity index is 0.000000178. The van der Waals surface area contributed by atoms with E-state index in [0.29, 0.717) is 11.1 Å². The molecule has 0 amide bonds. The number of hydrogen-bond acceptors (Lipinski definition) is 3. The van der Waals surface area contributed by atoms with E-state index in [2.05, 4.69) is 35.3 Å². The molecule has 159 valence electrons. The first-order chi connectivity index (χ1) is 15.2. The van der Waals surface area contributed by atoms with Gasteiger partial charge < -0.3 is 10.1 Å². The van der Waals surface area contributed by atoms with Crippen LogP contribution in [0.3, 0.4) is 0 Å². The topological polar surface area (TPSA) is 50.2 Å². The van der Waals surface area contributed by atoms with Gasteiger partial charge in [0.05, 0.1) is 0 Å². The van der Waals surface area contributed by atoms with Crippen molar-refractivity contribution < 1.29 is 30.0 Å². The van der Waals surface area contributed by atoms with Gasteiger partial charge in [-0.2, -0.15) is 0 Å². The first kappa shape index (κ1) is 23.1. The van der Waals surface area contributed by atoms with Crippen molar-refractivity contribution in [1.29, 1.82) is 0 Å². The van der Waals surface area contributed by atoms with Crippen LogP contribution in [-0.2, 0) is 20.1 Å². The average Bonchev–Trinajstić information content (AvgIpc) is 2.85. The molecule has 0 saturated heterocycles. The van der Waals surface area contributed by atoms with Crippen molar-refractivity contribution in [3.63, 3.8) is 0 Å². The summed E-state index contributed by atoms with van der Waals surface area (Å²) in [6.07, 6.45) is 3.06. The first-order valence-corrected chi connectivity index (χ1v) is 9.92. The third-order valence-electron chi connectivity index (χ3n) is 4.80. The fourth-order valence-electron chi connectivity index (χ4n) is 3.24. The number of ketones is 1. The van der Waals surface area contributed by atoms with Crippen LogP contribution in [0.4, 0.5) is 0 Å². The second kappa shape index (κ2) is 11.1. The van der Waals surface area contributed by atoms with Crippen molar-refractivity contribution in [3.8, 4) is 0 Å². The van der Waals surface area contributed by atoms with Gasteiger partial charge in [0, 0.05) is 43.5 Å². The van der Waals surface area contributed by atoms with Crippen LogP contribution in [0.15, 0.2) is 115 Å². The van der Waals surface area contributed by atoms with E-state index >= 15 is 0 Å². The summed E-state index contributed by atoms with van der Waals surface area (Å²) in [6, 6.07) is 35.3. The Morgan fingerprint density at radius 3 is 2.09 bits per heavy atom. The zero-order valence-corrected chi connectivity index (χ0v) is 19.5. The number of hydrogen-bond donors (Lipinski definition) is 1. The van der Waals surface area contributed by atoms with Gasteiger partial charge in [-0.25, -0.2) is 0 Å². The molecular formula is C28H20IrNO2-. The summed E-state index contributed by atoms with van der Waals surface area (Å²) in [6.45, 7) is 0. The molecule has 4 aromatic carbocycles. The number of benzene rings is 4. The molecule has 1 radical (unpaired) electrons. The minimum absolute atomic E-state index is 0. The second-order valence-electron chi connectivity index (χ2n) is 6.90. The summed E-state index contributed by atoms with van der Waals surface area (Å²) in [5.74, 6) is -0.216. The molecule has 0 atom stereocenters. The molecule has 1 aromatic heterocycles. The van der Waals surface area contributed by atoms with Crippen LogP contribution in [0.25, 0.3) is 27.4 Å². The van der Waals surface area contributed by atoms with Crippen molar-refractivity contribution in [1.82, 2.24) is 4.98 Å². The Morgan fingerprint density at radius 1 is 0.750 bits per heavy atom. The fourth-order valence-corrected chi connectivity index (χ4v) is 3.24. The number of aromatic nitrogens is 1. The third kappa shape index (κ3) is 5.55. The molecule has 0 saturated carbocycles. The quantitative estimate of drug-likeness (QED) is 0.0837. The van der Waals surface area contributed by atoms with Gasteiger partial charge in [-0.05, 0) is 17.0 Å². The van der Waals surface area contributed by atoms with Gasteiger partial charge in [0.1, 0.15) is 5.76 Å². The standard InChI is InChI=1S/C15H12O2.C13H8N.Ir/c16-14(12-7-3-1-4-8-12)11-15(17)13-9-5-2-6-10-13;1-2-6-12-10(4-1)7-8-11-5-3-9-14-13(11)12;/h1-11,16H;1-5,7-9H;/q;-1;/b14-11-;;. The zero-order chi connectivity index (χ0) is 21.5. The summed E-state index contributed by atoms with van der Waals surface area (Å²) in [5, 5.41) is 13.3. The van der Waals surface area contributed by atoms with Crippen molar-refractivity contribution >= 4 is 33.2 Å². The van der Waals surface area contributed by atoms with E-state index in [4.69, 9.17) is 0 Å². The Hall–Kier alpha value is -3.59. The largest absolute Gasteiger partial charge is 0.507 e. The maximum Gasteiger partial charge on any atom is 0.189 e. The van der Waals surface area contributed by atoms with E-state index in [1.807, 2.05) is 48.7 Å². The molecule has 1 N–H and O–H groups in total. The van der Waals surface area contributed by atoms with Crippen LogP contribution in [-0.4, -0.2) is 15.9 Å². The number of carbonyl (C=O) groups excluding carboxylic acids is 1. The predicted octanol–water partition coefficient (Wildman–Crippen LogP) is 6.65. The van der Waals surface area contributed by atoms with Gasteiger partial charge in [0.15, 0.2) is 5.78 Å². The fraction of sp³-hybridized carbons (Fsp3) is 0. The van der Waals surface area contributed by atoms with Crippen LogP contribution < -0.4 is 0 Å². The number of aliphatic hydroxyl groups is 1. The van der Waals surface area contributed by atoms with Crippen LogP contribution in [0.2, 0.25) is 0 Å². The van der Waals surface area contributed by atoms with Crippen molar-refractivity contribution in [2.75, 3.05) is 0 Å². The van der Waals surface area contributed by atoms with E-state index in [1.165, 1.54) is 16.8 Å². The van der Waals surface area contributed by atoms with Crippen molar-refractivity contribution in [2.45, 2.75) is 0 Å². The molecule has 5 aromatic rings. The number of rotatable bonds is 3. The second-order valence-corrected chi connectivity index (χ2v) is 6.90. The summed E-state index contributed by atoms with van der Waals surface area (Å²) >= 11 is 0. The molecule has 0 bridgehead atoms. The number of fused-ring (bicyclic) bond motifs is 3. The normalized spacial score (nSPS) is 10.7. The maximum atomic E-state index is 11.8. The molecule has 0 spiro atoms. The smallest absolute Gasteiger partial charge is 0.189 e. The predicted molar refractivity (Wildman–Crippen MR) is 126 cm³/mol. The minimum Gasteiger partial charge on any atom is -0.507 e.